The minimum Gasteiger partial charge on any atom is -0.469 e. The van der Waals surface area contributed by atoms with Crippen LogP contribution >= 0.6 is 0 Å². The second kappa shape index (κ2) is 8.15. The Kier molecular flexibility index (Phi) is 5.85. The van der Waals surface area contributed by atoms with E-state index in [0.717, 1.165) is 0 Å². The quantitative estimate of drug-likeness (QED) is 0.701. The zero-order valence-corrected chi connectivity index (χ0v) is 16.5. The summed E-state index contributed by atoms with van der Waals surface area (Å²) in [4.78, 5) is 26.4. The maximum absolute atomic E-state index is 12.7. The van der Waals surface area contributed by atoms with Gasteiger partial charge in [0.1, 0.15) is 11.3 Å². The van der Waals surface area contributed by atoms with Crippen LogP contribution in [0.25, 0.3) is 0 Å². The Labute approximate surface area is 163 Å². The molecule has 1 aliphatic rings. The Morgan fingerprint density at radius 2 is 1.71 bits per heavy atom. The van der Waals surface area contributed by atoms with Crippen molar-refractivity contribution in [2.75, 3.05) is 26.2 Å². The molecule has 1 atom stereocenters. The number of ether oxygens (including phenoxy) is 1. The van der Waals surface area contributed by atoms with Crippen molar-refractivity contribution in [3.05, 3.63) is 54.0 Å². The molecule has 28 heavy (non-hydrogen) atoms. The molecule has 3 rings (SSSR count). The van der Waals surface area contributed by atoms with Crippen LogP contribution in [0.2, 0.25) is 0 Å². The predicted molar refractivity (Wildman–Crippen MR) is 100 cm³/mol. The van der Waals surface area contributed by atoms with Gasteiger partial charge in [-0.15, -0.1) is 0 Å². The summed E-state index contributed by atoms with van der Waals surface area (Å²) in [6.45, 7) is 3.97. The normalized spacial score (nSPS) is 16.6. The number of piperazine rings is 1. The molecule has 1 aliphatic heterocycles. The van der Waals surface area contributed by atoms with Crippen molar-refractivity contribution in [2.45, 2.75) is 24.8 Å². The van der Waals surface area contributed by atoms with Crippen LogP contribution in [0.15, 0.2) is 52.0 Å². The van der Waals surface area contributed by atoms with Crippen LogP contribution in [0.3, 0.4) is 0 Å². The fourth-order valence-electron chi connectivity index (χ4n) is 3.02. The van der Waals surface area contributed by atoms with Gasteiger partial charge < -0.3 is 14.1 Å². The average Bonchev–Trinajstić information content (AvgIpc) is 3.14. The first-order valence-electron chi connectivity index (χ1n) is 8.90. The molecule has 8 nitrogen and oxygen atoms in total. The number of amides is 1. The topological polar surface area (TPSA) is 97.1 Å². The first-order valence-corrected chi connectivity index (χ1v) is 10.3. The van der Waals surface area contributed by atoms with Crippen molar-refractivity contribution in [1.29, 1.82) is 0 Å². The second-order valence-corrected chi connectivity index (χ2v) is 8.42. The minimum absolute atomic E-state index is 0.185. The Morgan fingerprint density at radius 3 is 2.29 bits per heavy atom. The fourth-order valence-corrected chi connectivity index (χ4v) is 4.46. The molecule has 1 saturated heterocycles. The van der Waals surface area contributed by atoms with Crippen molar-refractivity contribution in [3.63, 3.8) is 0 Å². The molecule has 1 fully saturated rings. The van der Waals surface area contributed by atoms with E-state index >= 15 is 0 Å². The SMILES string of the molecule is Cc1occc1C(=O)O[C@H](C)C(=O)N1CCN(S(=O)(=O)c2ccccc2)CC1. The Hall–Kier alpha value is -2.65. The number of esters is 1. The highest BCUT2D eigenvalue weighted by atomic mass is 32.2. The van der Waals surface area contributed by atoms with Crippen LogP contribution in [0.1, 0.15) is 23.0 Å². The molecular weight excluding hydrogens is 384 g/mol. The van der Waals surface area contributed by atoms with Gasteiger partial charge in [-0.2, -0.15) is 4.31 Å². The van der Waals surface area contributed by atoms with E-state index in [2.05, 4.69) is 0 Å². The van der Waals surface area contributed by atoms with E-state index in [9.17, 15) is 18.0 Å². The van der Waals surface area contributed by atoms with E-state index in [1.54, 1.807) is 37.3 Å². The van der Waals surface area contributed by atoms with E-state index in [1.807, 2.05) is 0 Å². The number of carbonyl (C=O) groups is 2. The summed E-state index contributed by atoms with van der Waals surface area (Å²) in [5.74, 6) is -0.562. The molecule has 0 aliphatic carbocycles. The fraction of sp³-hybridized carbons (Fsp3) is 0.368. The lowest BCUT2D eigenvalue weighted by molar-refractivity contribution is -0.141. The van der Waals surface area contributed by atoms with Crippen LogP contribution in [0.4, 0.5) is 0 Å². The molecule has 0 N–H and O–H groups in total. The third kappa shape index (κ3) is 4.10. The van der Waals surface area contributed by atoms with E-state index in [0.29, 0.717) is 5.76 Å². The van der Waals surface area contributed by atoms with Crippen LogP contribution in [-0.2, 0) is 19.6 Å². The molecular formula is C19H22N2O6S. The van der Waals surface area contributed by atoms with Gasteiger partial charge in [-0.05, 0) is 32.0 Å². The highest BCUT2D eigenvalue weighted by Crippen LogP contribution is 2.18. The summed E-state index contributed by atoms with van der Waals surface area (Å²) in [6, 6.07) is 9.68. The van der Waals surface area contributed by atoms with Crippen LogP contribution in [-0.4, -0.2) is 61.8 Å². The van der Waals surface area contributed by atoms with Crippen molar-refractivity contribution in [1.82, 2.24) is 9.21 Å². The summed E-state index contributed by atoms with van der Waals surface area (Å²) in [7, 11) is -3.59. The van der Waals surface area contributed by atoms with Crippen LogP contribution in [0, 0.1) is 6.92 Å². The molecule has 1 aromatic carbocycles. The monoisotopic (exact) mass is 406 g/mol. The lowest BCUT2D eigenvalue weighted by atomic mass is 10.2. The molecule has 1 aromatic heterocycles. The summed E-state index contributed by atoms with van der Waals surface area (Å²) in [6.07, 6.45) is 0.407. The lowest BCUT2D eigenvalue weighted by Gasteiger charge is -2.35. The number of carbonyl (C=O) groups excluding carboxylic acids is 2. The molecule has 0 radical (unpaired) electrons. The minimum atomic E-state index is -3.59. The van der Waals surface area contributed by atoms with Crippen LogP contribution < -0.4 is 0 Å². The van der Waals surface area contributed by atoms with Gasteiger partial charge in [-0.25, -0.2) is 13.2 Å². The predicted octanol–water partition coefficient (Wildman–Crippen LogP) is 1.67. The van der Waals surface area contributed by atoms with E-state index < -0.39 is 22.1 Å². The van der Waals surface area contributed by atoms with Gasteiger partial charge in [0.15, 0.2) is 6.10 Å². The highest BCUT2D eigenvalue weighted by molar-refractivity contribution is 7.89. The van der Waals surface area contributed by atoms with Gasteiger partial charge in [-0.3, -0.25) is 4.79 Å². The zero-order chi connectivity index (χ0) is 20.3. The summed E-state index contributed by atoms with van der Waals surface area (Å²) in [5.41, 5.74) is 0.276. The van der Waals surface area contributed by atoms with Gasteiger partial charge in [0.05, 0.1) is 11.2 Å². The number of benzene rings is 1. The number of hydrogen-bond donors (Lipinski definition) is 0. The molecule has 2 heterocycles. The van der Waals surface area contributed by atoms with Crippen molar-refractivity contribution in [3.8, 4) is 0 Å². The molecule has 0 spiro atoms. The van der Waals surface area contributed by atoms with Gasteiger partial charge >= 0.3 is 5.97 Å². The summed E-state index contributed by atoms with van der Waals surface area (Å²) in [5, 5.41) is 0. The van der Waals surface area contributed by atoms with Crippen molar-refractivity contribution >= 4 is 21.9 Å². The highest BCUT2D eigenvalue weighted by Gasteiger charge is 2.32. The number of sulfonamides is 1. The second-order valence-electron chi connectivity index (χ2n) is 6.48. The molecule has 0 saturated carbocycles. The Morgan fingerprint density at radius 1 is 1.07 bits per heavy atom. The molecule has 150 valence electrons. The lowest BCUT2D eigenvalue weighted by Crippen LogP contribution is -2.52. The maximum Gasteiger partial charge on any atom is 0.342 e. The van der Waals surface area contributed by atoms with Crippen molar-refractivity contribution in [2.24, 2.45) is 0 Å². The van der Waals surface area contributed by atoms with E-state index in [-0.39, 0.29) is 42.5 Å². The maximum atomic E-state index is 12.7. The zero-order valence-electron chi connectivity index (χ0n) is 15.7. The smallest absolute Gasteiger partial charge is 0.342 e. The summed E-state index contributed by atoms with van der Waals surface area (Å²) < 4.78 is 37.0. The first-order chi connectivity index (χ1) is 13.3. The Bertz CT molecular complexity index is 946. The van der Waals surface area contributed by atoms with Gasteiger partial charge in [0, 0.05) is 26.2 Å². The standard InChI is InChI=1S/C19H22N2O6S/c1-14-17(8-13-26-14)19(23)27-15(2)18(22)20-9-11-21(12-10-20)28(24,25)16-6-4-3-5-7-16/h3-8,13,15H,9-12H2,1-2H3/t15-/m1/s1. The van der Waals surface area contributed by atoms with Gasteiger partial charge in [0.25, 0.3) is 5.91 Å². The molecule has 0 unspecified atom stereocenters. The van der Waals surface area contributed by atoms with E-state index in [1.165, 1.54) is 28.5 Å². The molecule has 9 heteroatoms. The largest absolute Gasteiger partial charge is 0.469 e. The van der Waals surface area contributed by atoms with Crippen LogP contribution in [0.5, 0.6) is 0 Å². The van der Waals surface area contributed by atoms with Gasteiger partial charge in [-0.1, -0.05) is 18.2 Å². The number of furan rings is 1. The van der Waals surface area contributed by atoms with Gasteiger partial charge in [0.2, 0.25) is 10.0 Å². The van der Waals surface area contributed by atoms with Crippen molar-refractivity contribution < 1.29 is 27.2 Å². The number of aryl methyl sites for hydroxylation is 1. The number of hydrogen-bond acceptors (Lipinski definition) is 6. The Balaban J connectivity index is 1.58. The number of nitrogens with zero attached hydrogens (tertiary/aromatic N) is 2. The molecule has 0 bridgehead atoms. The average molecular weight is 406 g/mol. The summed E-state index contributed by atoms with van der Waals surface area (Å²) >= 11 is 0. The third-order valence-electron chi connectivity index (χ3n) is 4.64. The molecule has 2 aromatic rings. The molecule has 1 amide bonds. The first kappa shape index (κ1) is 20.1. The third-order valence-corrected chi connectivity index (χ3v) is 6.55. The van der Waals surface area contributed by atoms with E-state index in [4.69, 9.17) is 9.15 Å². The number of rotatable bonds is 5.